The Labute approximate surface area is 113 Å². The zero-order valence-electron chi connectivity index (χ0n) is 9.75. The minimum absolute atomic E-state index is 0.126. The fourth-order valence-corrected chi connectivity index (χ4v) is 2.90. The monoisotopic (exact) mass is 309 g/mol. The van der Waals surface area contributed by atoms with E-state index in [0.29, 0.717) is 5.69 Å². The molecule has 2 aromatic rings. The average molecular weight is 310 g/mol. The molecule has 0 saturated carbocycles. The smallest absolute Gasteiger partial charge is 0.147 e. The molecule has 1 aliphatic rings. The van der Waals surface area contributed by atoms with Crippen LogP contribution in [-0.4, -0.2) is 0 Å². The summed E-state index contributed by atoms with van der Waals surface area (Å²) in [5, 5.41) is 3.28. The number of nitrogens with one attached hydrogen (secondary N) is 1. The van der Waals surface area contributed by atoms with Crippen LogP contribution in [0.1, 0.15) is 30.2 Å². The van der Waals surface area contributed by atoms with Gasteiger partial charge in [0.25, 0.3) is 0 Å². The number of hydrogen-bond acceptors (Lipinski definition) is 2. The van der Waals surface area contributed by atoms with Crippen molar-refractivity contribution >= 4 is 21.6 Å². The van der Waals surface area contributed by atoms with Gasteiger partial charge in [0, 0.05) is 16.5 Å². The number of fused-ring (bicyclic) bond motifs is 1. The maximum absolute atomic E-state index is 13.8. The summed E-state index contributed by atoms with van der Waals surface area (Å²) in [6, 6.07) is 7.09. The Kier molecular flexibility index (Phi) is 3.12. The summed E-state index contributed by atoms with van der Waals surface area (Å²) < 4.78 is 20.0. The zero-order valence-corrected chi connectivity index (χ0v) is 11.3. The van der Waals surface area contributed by atoms with Gasteiger partial charge in [-0.05, 0) is 47.0 Å². The minimum Gasteiger partial charge on any atom is -0.469 e. The Morgan fingerprint density at radius 2 is 2.22 bits per heavy atom. The van der Waals surface area contributed by atoms with E-state index in [1.165, 1.54) is 6.07 Å². The van der Waals surface area contributed by atoms with Crippen LogP contribution in [0.4, 0.5) is 10.1 Å². The van der Waals surface area contributed by atoms with Crippen molar-refractivity contribution in [2.75, 3.05) is 5.32 Å². The van der Waals surface area contributed by atoms with Crippen molar-refractivity contribution in [1.29, 1.82) is 0 Å². The van der Waals surface area contributed by atoms with E-state index < -0.39 is 0 Å². The van der Waals surface area contributed by atoms with Crippen LogP contribution >= 0.6 is 15.9 Å². The zero-order chi connectivity index (χ0) is 12.5. The molecular weight excluding hydrogens is 297 g/mol. The Balaban J connectivity index is 1.91. The quantitative estimate of drug-likeness (QED) is 0.872. The van der Waals surface area contributed by atoms with E-state index >= 15 is 0 Å². The number of benzene rings is 1. The van der Waals surface area contributed by atoms with Gasteiger partial charge in [-0.15, -0.1) is 0 Å². The molecule has 94 valence electrons. The van der Waals surface area contributed by atoms with Crippen molar-refractivity contribution in [2.24, 2.45) is 0 Å². The second-order valence-electron chi connectivity index (χ2n) is 4.48. The van der Waals surface area contributed by atoms with Crippen molar-refractivity contribution in [3.63, 3.8) is 0 Å². The lowest BCUT2D eigenvalue weighted by molar-refractivity contribution is 0.460. The minimum atomic E-state index is -0.236. The lowest BCUT2D eigenvalue weighted by Crippen LogP contribution is -2.16. The van der Waals surface area contributed by atoms with E-state index in [1.54, 1.807) is 12.3 Å². The fraction of sp³-hybridized carbons (Fsp3) is 0.286. The summed E-state index contributed by atoms with van der Waals surface area (Å²) >= 11 is 3.38. The van der Waals surface area contributed by atoms with Gasteiger partial charge in [0.2, 0.25) is 0 Å². The van der Waals surface area contributed by atoms with Gasteiger partial charge < -0.3 is 9.73 Å². The van der Waals surface area contributed by atoms with Gasteiger partial charge in [0.1, 0.15) is 11.6 Å². The van der Waals surface area contributed by atoms with E-state index in [4.69, 9.17) is 4.42 Å². The third-order valence-electron chi connectivity index (χ3n) is 3.33. The summed E-state index contributed by atoms with van der Waals surface area (Å²) in [4.78, 5) is 0. The molecule has 18 heavy (non-hydrogen) atoms. The van der Waals surface area contributed by atoms with Crippen molar-refractivity contribution < 1.29 is 8.81 Å². The van der Waals surface area contributed by atoms with Gasteiger partial charge in [0.15, 0.2) is 0 Å². The Hall–Kier alpha value is -1.29. The highest BCUT2D eigenvalue weighted by Crippen LogP contribution is 2.36. The molecule has 0 fully saturated rings. The molecule has 4 heteroatoms. The third kappa shape index (κ3) is 2.05. The molecule has 1 unspecified atom stereocenters. The van der Waals surface area contributed by atoms with Crippen molar-refractivity contribution in [2.45, 2.75) is 25.3 Å². The van der Waals surface area contributed by atoms with Crippen LogP contribution in [-0.2, 0) is 6.42 Å². The van der Waals surface area contributed by atoms with Crippen LogP contribution < -0.4 is 5.32 Å². The van der Waals surface area contributed by atoms with Gasteiger partial charge in [-0.1, -0.05) is 6.07 Å². The molecule has 0 radical (unpaired) electrons. The SMILES string of the molecule is Fc1cccc(Br)c1NC1CCCc2occc21. The van der Waals surface area contributed by atoms with Gasteiger partial charge in [-0.25, -0.2) is 4.39 Å². The number of rotatable bonds is 2. The number of halogens is 2. The first-order valence-corrected chi connectivity index (χ1v) is 6.82. The molecule has 1 aliphatic carbocycles. The van der Waals surface area contributed by atoms with Gasteiger partial charge in [-0.2, -0.15) is 0 Å². The summed E-state index contributed by atoms with van der Waals surface area (Å²) in [6.07, 6.45) is 4.73. The van der Waals surface area contributed by atoms with E-state index in [2.05, 4.69) is 21.2 Å². The third-order valence-corrected chi connectivity index (χ3v) is 3.99. The summed E-state index contributed by atoms with van der Waals surface area (Å²) in [6.45, 7) is 0. The number of para-hydroxylation sites is 1. The van der Waals surface area contributed by atoms with E-state index in [-0.39, 0.29) is 11.9 Å². The van der Waals surface area contributed by atoms with Gasteiger partial charge >= 0.3 is 0 Å². The summed E-state index contributed by atoms with van der Waals surface area (Å²) in [5.74, 6) is 0.784. The average Bonchev–Trinajstić information content (AvgIpc) is 2.83. The van der Waals surface area contributed by atoms with Crippen LogP contribution in [0.2, 0.25) is 0 Å². The number of hydrogen-bond donors (Lipinski definition) is 1. The topological polar surface area (TPSA) is 25.2 Å². The highest BCUT2D eigenvalue weighted by atomic mass is 79.9. The normalized spacial score (nSPS) is 18.4. The second-order valence-corrected chi connectivity index (χ2v) is 5.34. The molecule has 1 N–H and O–H groups in total. The number of furan rings is 1. The Bertz CT molecular complexity index is 546. The molecular formula is C14H13BrFNO. The van der Waals surface area contributed by atoms with Crippen LogP contribution in [0.15, 0.2) is 39.4 Å². The maximum atomic E-state index is 13.8. The predicted octanol–water partition coefficient (Wildman–Crippen LogP) is 4.67. The van der Waals surface area contributed by atoms with E-state index in [9.17, 15) is 4.39 Å². The van der Waals surface area contributed by atoms with Crippen LogP contribution in [0, 0.1) is 5.82 Å². The molecule has 1 aromatic heterocycles. The van der Waals surface area contributed by atoms with Crippen molar-refractivity contribution in [3.05, 3.63) is 52.1 Å². The predicted molar refractivity (Wildman–Crippen MR) is 72.1 cm³/mol. The maximum Gasteiger partial charge on any atom is 0.147 e. The van der Waals surface area contributed by atoms with Crippen molar-refractivity contribution in [1.82, 2.24) is 0 Å². The molecule has 0 bridgehead atoms. The van der Waals surface area contributed by atoms with Crippen LogP contribution in [0.25, 0.3) is 0 Å². The lowest BCUT2D eigenvalue weighted by atomic mass is 9.93. The molecule has 0 saturated heterocycles. The molecule has 0 amide bonds. The number of anilines is 1. The summed E-state index contributed by atoms with van der Waals surface area (Å²) in [7, 11) is 0. The Morgan fingerprint density at radius 1 is 1.33 bits per heavy atom. The second kappa shape index (κ2) is 4.76. The molecule has 1 aromatic carbocycles. The highest BCUT2D eigenvalue weighted by molar-refractivity contribution is 9.10. The van der Waals surface area contributed by atoms with Gasteiger partial charge in [0.05, 0.1) is 18.0 Å². The molecule has 2 nitrogen and oxygen atoms in total. The van der Waals surface area contributed by atoms with E-state index in [0.717, 1.165) is 35.1 Å². The van der Waals surface area contributed by atoms with Crippen LogP contribution in [0.5, 0.6) is 0 Å². The molecule has 0 aliphatic heterocycles. The largest absolute Gasteiger partial charge is 0.469 e. The summed E-state index contributed by atoms with van der Waals surface area (Å²) in [5.41, 5.74) is 1.67. The van der Waals surface area contributed by atoms with Gasteiger partial charge in [-0.3, -0.25) is 0 Å². The molecule has 0 spiro atoms. The number of aryl methyl sites for hydroxylation is 1. The van der Waals surface area contributed by atoms with Crippen molar-refractivity contribution in [3.8, 4) is 0 Å². The van der Waals surface area contributed by atoms with Crippen LogP contribution in [0.3, 0.4) is 0 Å². The van der Waals surface area contributed by atoms with E-state index in [1.807, 2.05) is 12.1 Å². The first-order valence-electron chi connectivity index (χ1n) is 6.02. The molecule has 1 heterocycles. The Morgan fingerprint density at radius 3 is 3.06 bits per heavy atom. The molecule has 3 rings (SSSR count). The standard InChI is InChI=1S/C14H13BrFNO/c15-10-3-1-4-11(16)14(10)17-12-5-2-6-13-9(12)7-8-18-13/h1,3-4,7-8,12,17H,2,5-6H2. The fourth-order valence-electron chi connectivity index (χ4n) is 2.45. The first-order chi connectivity index (χ1) is 8.75. The lowest BCUT2D eigenvalue weighted by Gasteiger charge is -2.24. The first kappa shape index (κ1) is 11.8. The molecule has 1 atom stereocenters. The highest BCUT2D eigenvalue weighted by Gasteiger charge is 2.23.